The second-order valence-corrected chi connectivity index (χ2v) is 6.52. The maximum absolute atomic E-state index is 13.8. The number of aromatic nitrogens is 1. The minimum Gasteiger partial charge on any atom is -0.367 e. The Bertz CT molecular complexity index is 1050. The first-order valence-electron chi connectivity index (χ1n) is 8.75. The van der Waals surface area contributed by atoms with Crippen molar-refractivity contribution in [3.63, 3.8) is 0 Å². The summed E-state index contributed by atoms with van der Waals surface area (Å²) in [4.78, 5) is 18.6. The van der Waals surface area contributed by atoms with E-state index in [4.69, 9.17) is 0 Å². The van der Waals surface area contributed by atoms with Gasteiger partial charge in [0, 0.05) is 25.0 Å². The largest absolute Gasteiger partial charge is 0.367 e. The van der Waals surface area contributed by atoms with Gasteiger partial charge in [-0.2, -0.15) is 0 Å². The highest BCUT2D eigenvalue weighted by Crippen LogP contribution is 2.25. The number of nitrogens with one attached hydrogen (secondary N) is 1. The number of carbonyl (C=O) groups excluding carboxylic acids is 1. The van der Waals surface area contributed by atoms with Crippen molar-refractivity contribution in [2.24, 2.45) is 0 Å². The van der Waals surface area contributed by atoms with Crippen LogP contribution in [0.4, 0.5) is 24.5 Å². The fourth-order valence-corrected chi connectivity index (χ4v) is 3.27. The molecule has 2 aromatic carbocycles. The number of hydrogen-bond donors (Lipinski definition) is 1. The van der Waals surface area contributed by atoms with Crippen molar-refractivity contribution in [3.8, 4) is 0 Å². The lowest BCUT2D eigenvalue weighted by Crippen LogP contribution is -2.30. The van der Waals surface area contributed by atoms with Crippen LogP contribution in [-0.4, -0.2) is 17.4 Å². The summed E-state index contributed by atoms with van der Waals surface area (Å²) >= 11 is 0. The van der Waals surface area contributed by atoms with E-state index in [9.17, 15) is 18.0 Å². The summed E-state index contributed by atoms with van der Waals surface area (Å²) in [5.41, 5.74) is 2.95. The van der Waals surface area contributed by atoms with E-state index in [-0.39, 0.29) is 5.69 Å². The third-order valence-electron chi connectivity index (χ3n) is 4.76. The van der Waals surface area contributed by atoms with Crippen molar-refractivity contribution in [1.29, 1.82) is 0 Å². The van der Waals surface area contributed by atoms with Crippen molar-refractivity contribution in [2.45, 2.75) is 13.0 Å². The first-order valence-corrected chi connectivity index (χ1v) is 8.75. The first kappa shape index (κ1) is 18.0. The van der Waals surface area contributed by atoms with Crippen LogP contribution in [0, 0.1) is 17.5 Å². The zero-order valence-corrected chi connectivity index (χ0v) is 14.8. The monoisotopic (exact) mass is 383 g/mol. The van der Waals surface area contributed by atoms with Crippen LogP contribution in [-0.2, 0) is 13.0 Å². The molecule has 3 aromatic rings. The number of carbonyl (C=O) groups is 1. The van der Waals surface area contributed by atoms with Crippen molar-refractivity contribution in [2.75, 3.05) is 16.8 Å². The van der Waals surface area contributed by atoms with Crippen molar-refractivity contribution < 1.29 is 18.0 Å². The highest BCUT2D eigenvalue weighted by Gasteiger charge is 2.19. The van der Waals surface area contributed by atoms with Crippen LogP contribution in [0.1, 0.15) is 21.6 Å². The SMILES string of the molecule is O=C(Nc1ccc(F)c(F)c1F)c1cc(N2CCc3ccccc3C2)ccn1. The Morgan fingerprint density at radius 2 is 1.79 bits per heavy atom. The van der Waals surface area contributed by atoms with E-state index >= 15 is 0 Å². The zero-order valence-electron chi connectivity index (χ0n) is 14.8. The van der Waals surface area contributed by atoms with Gasteiger partial charge in [-0.15, -0.1) is 0 Å². The summed E-state index contributed by atoms with van der Waals surface area (Å²) < 4.78 is 40.2. The molecule has 0 atom stereocenters. The quantitative estimate of drug-likeness (QED) is 0.686. The van der Waals surface area contributed by atoms with E-state index in [1.165, 1.54) is 17.3 Å². The van der Waals surface area contributed by atoms with E-state index < -0.39 is 29.0 Å². The minimum absolute atomic E-state index is 0.0560. The third-order valence-corrected chi connectivity index (χ3v) is 4.76. The van der Waals surface area contributed by atoms with Gasteiger partial charge in [0.2, 0.25) is 0 Å². The number of nitrogens with zero attached hydrogens (tertiary/aromatic N) is 2. The zero-order chi connectivity index (χ0) is 19.7. The number of hydrogen-bond acceptors (Lipinski definition) is 3. The Kier molecular flexibility index (Phi) is 4.73. The fourth-order valence-electron chi connectivity index (χ4n) is 3.27. The van der Waals surface area contributed by atoms with Gasteiger partial charge in [-0.05, 0) is 41.8 Å². The molecule has 0 bridgehead atoms. The van der Waals surface area contributed by atoms with Gasteiger partial charge >= 0.3 is 0 Å². The summed E-state index contributed by atoms with van der Waals surface area (Å²) in [5.74, 6) is -5.10. The molecule has 142 valence electrons. The second-order valence-electron chi connectivity index (χ2n) is 6.52. The average Bonchev–Trinajstić information content (AvgIpc) is 2.74. The summed E-state index contributed by atoms with van der Waals surface area (Å²) in [6.45, 7) is 1.50. The van der Waals surface area contributed by atoms with Gasteiger partial charge in [0.15, 0.2) is 17.5 Å². The summed E-state index contributed by atoms with van der Waals surface area (Å²) in [6, 6.07) is 13.3. The predicted octanol–water partition coefficient (Wildman–Crippen LogP) is 4.31. The maximum atomic E-state index is 13.8. The Morgan fingerprint density at radius 1 is 1.00 bits per heavy atom. The van der Waals surface area contributed by atoms with Crippen LogP contribution in [0.3, 0.4) is 0 Å². The first-order chi connectivity index (χ1) is 13.5. The molecule has 1 aliphatic heterocycles. The topological polar surface area (TPSA) is 45.2 Å². The molecular weight excluding hydrogens is 367 g/mol. The van der Waals surface area contributed by atoms with Gasteiger partial charge < -0.3 is 10.2 Å². The Balaban J connectivity index is 1.54. The molecule has 2 heterocycles. The number of pyridine rings is 1. The van der Waals surface area contributed by atoms with Crippen LogP contribution in [0.5, 0.6) is 0 Å². The second kappa shape index (κ2) is 7.34. The molecule has 0 saturated carbocycles. The fraction of sp³-hybridized carbons (Fsp3) is 0.143. The molecule has 4 nitrogen and oxygen atoms in total. The highest BCUT2D eigenvalue weighted by atomic mass is 19.2. The van der Waals surface area contributed by atoms with Gasteiger partial charge in [-0.3, -0.25) is 9.78 Å². The van der Waals surface area contributed by atoms with Crippen LogP contribution in [0.15, 0.2) is 54.7 Å². The Labute approximate surface area is 159 Å². The summed E-state index contributed by atoms with van der Waals surface area (Å²) in [6.07, 6.45) is 2.38. The molecule has 0 unspecified atom stereocenters. The number of rotatable bonds is 3. The lowest BCUT2D eigenvalue weighted by molar-refractivity contribution is 0.102. The summed E-state index contributed by atoms with van der Waals surface area (Å²) in [7, 11) is 0. The lowest BCUT2D eigenvalue weighted by atomic mass is 9.99. The van der Waals surface area contributed by atoms with Crippen molar-refractivity contribution >= 4 is 17.3 Å². The molecule has 4 rings (SSSR count). The average molecular weight is 383 g/mol. The standard InChI is InChI=1S/C21H16F3N3O/c22-16-5-6-17(20(24)19(16)23)26-21(28)18-11-15(7-9-25-18)27-10-8-13-3-1-2-4-14(13)12-27/h1-7,9,11H,8,10,12H2,(H,26,28). The van der Waals surface area contributed by atoms with Gasteiger partial charge in [0.05, 0.1) is 5.69 Å². The molecule has 0 saturated heterocycles. The molecule has 1 amide bonds. The number of amides is 1. The molecule has 0 fully saturated rings. The minimum atomic E-state index is -1.63. The van der Waals surface area contributed by atoms with E-state index in [1.807, 2.05) is 12.1 Å². The normalized spacial score (nSPS) is 13.2. The number of anilines is 2. The van der Waals surface area contributed by atoms with Crippen molar-refractivity contribution in [3.05, 3.63) is 89.0 Å². The van der Waals surface area contributed by atoms with Crippen LogP contribution in [0.25, 0.3) is 0 Å². The van der Waals surface area contributed by atoms with Gasteiger partial charge in [0.1, 0.15) is 5.69 Å². The molecule has 0 spiro atoms. The molecule has 1 N–H and O–H groups in total. The number of fused-ring (bicyclic) bond motifs is 1. The number of halogens is 3. The van der Waals surface area contributed by atoms with Crippen LogP contribution >= 0.6 is 0 Å². The molecule has 28 heavy (non-hydrogen) atoms. The smallest absolute Gasteiger partial charge is 0.274 e. The van der Waals surface area contributed by atoms with E-state index in [2.05, 4.69) is 27.3 Å². The molecule has 7 heteroatoms. The van der Waals surface area contributed by atoms with Gasteiger partial charge in [-0.1, -0.05) is 24.3 Å². The van der Waals surface area contributed by atoms with E-state index in [0.717, 1.165) is 30.8 Å². The molecular formula is C21H16F3N3O. The van der Waals surface area contributed by atoms with E-state index in [0.29, 0.717) is 6.54 Å². The molecule has 1 aromatic heterocycles. The van der Waals surface area contributed by atoms with Crippen LogP contribution < -0.4 is 10.2 Å². The Morgan fingerprint density at radius 3 is 2.61 bits per heavy atom. The third kappa shape index (κ3) is 3.43. The van der Waals surface area contributed by atoms with Crippen LogP contribution in [0.2, 0.25) is 0 Å². The van der Waals surface area contributed by atoms with Crippen molar-refractivity contribution in [1.82, 2.24) is 4.98 Å². The van der Waals surface area contributed by atoms with Gasteiger partial charge in [0.25, 0.3) is 5.91 Å². The lowest BCUT2D eigenvalue weighted by Gasteiger charge is -2.30. The maximum Gasteiger partial charge on any atom is 0.274 e. The number of benzene rings is 2. The molecule has 0 aliphatic carbocycles. The van der Waals surface area contributed by atoms with Gasteiger partial charge in [-0.25, -0.2) is 13.2 Å². The highest BCUT2D eigenvalue weighted by molar-refractivity contribution is 6.03. The predicted molar refractivity (Wildman–Crippen MR) is 99.7 cm³/mol. The molecule has 0 radical (unpaired) electrons. The Hall–Kier alpha value is -3.35. The molecule has 1 aliphatic rings. The summed E-state index contributed by atoms with van der Waals surface area (Å²) in [5, 5.41) is 2.24. The van der Waals surface area contributed by atoms with E-state index in [1.54, 1.807) is 12.1 Å².